The monoisotopic (exact) mass is 433 g/mol. The smallest absolute Gasteiger partial charge is 0.350 e. The van der Waals surface area contributed by atoms with Gasteiger partial charge in [0.2, 0.25) is 6.79 Å². The highest BCUT2D eigenvalue weighted by Crippen LogP contribution is 2.37. The molecule has 0 fully saturated rings. The molecule has 0 bridgehead atoms. The number of benzene rings is 2. The summed E-state index contributed by atoms with van der Waals surface area (Å²) in [4.78, 5) is 24.6. The number of esters is 1. The normalized spacial score (nSPS) is 12.1. The standard InChI is InChI=1S/C20H16ClNO6S/c1-25-12-3-4-13-16(7-12)29-19(18(13)21)20(24)26-9-17(23)22-8-11-2-5-14-15(6-11)28-10-27-14/h2-7H,8-10H2,1H3,(H,22,23). The number of hydrogen-bond donors (Lipinski definition) is 1. The molecule has 0 saturated carbocycles. The first-order chi connectivity index (χ1) is 14.0. The Hall–Kier alpha value is -2.97. The summed E-state index contributed by atoms with van der Waals surface area (Å²) in [5.74, 6) is 0.910. The molecule has 0 radical (unpaired) electrons. The van der Waals surface area contributed by atoms with Crippen LogP contribution in [0.2, 0.25) is 5.02 Å². The fraction of sp³-hybridized carbons (Fsp3) is 0.200. The minimum atomic E-state index is -0.645. The largest absolute Gasteiger partial charge is 0.497 e. The predicted molar refractivity (Wildman–Crippen MR) is 108 cm³/mol. The maximum absolute atomic E-state index is 12.4. The van der Waals surface area contributed by atoms with Crippen molar-refractivity contribution in [1.29, 1.82) is 0 Å². The van der Waals surface area contributed by atoms with Gasteiger partial charge in [-0.15, -0.1) is 11.3 Å². The Morgan fingerprint density at radius 1 is 1.17 bits per heavy atom. The van der Waals surface area contributed by atoms with E-state index in [0.29, 0.717) is 22.3 Å². The van der Waals surface area contributed by atoms with Gasteiger partial charge in [0.05, 0.1) is 12.1 Å². The van der Waals surface area contributed by atoms with Gasteiger partial charge in [0, 0.05) is 16.6 Å². The molecular formula is C20H16ClNO6S. The van der Waals surface area contributed by atoms with Crippen LogP contribution in [0.3, 0.4) is 0 Å². The molecule has 1 aliphatic heterocycles. The number of methoxy groups -OCH3 is 1. The van der Waals surface area contributed by atoms with Crippen LogP contribution in [0.5, 0.6) is 17.2 Å². The summed E-state index contributed by atoms with van der Waals surface area (Å²) in [6, 6.07) is 10.7. The van der Waals surface area contributed by atoms with Crippen LogP contribution in [0, 0.1) is 0 Å². The van der Waals surface area contributed by atoms with Crippen LogP contribution in [0.15, 0.2) is 36.4 Å². The first-order valence-electron chi connectivity index (χ1n) is 8.63. The van der Waals surface area contributed by atoms with E-state index in [1.54, 1.807) is 37.4 Å². The minimum Gasteiger partial charge on any atom is -0.497 e. The van der Waals surface area contributed by atoms with Gasteiger partial charge in [0.25, 0.3) is 5.91 Å². The van der Waals surface area contributed by atoms with Crippen LogP contribution >= 0.6 is 22.9 Å². The fourth-order valence-electron chi connectivity index (χ4n) is 2.80. The fourth-order valence-corrected chi connectivity index (χ4v) is 4.23. The molecule has 1 N–H and O–H groups in total. The number of fused-ring (bicyclic) bond motifs is 2. The lowest BCUT2D eigenvalue weighted by Gasteiger charge is -2.07. The van der Waals surface area contributed by atoms with Crippen LogP contribution in [-0.4, -0.2) is 32.4 Å². The van der Waals surface area contributed by atoms with E-state index in [-0.39, 0.29) is 18.2 Å². The molecule has 1 aromatic heterocycles. The Morgan fingerprint density at radius 2 is 2.00 bits per heavy atom. The third-order valence-electron chi connectivity index (χ3n) is 4.28. The van der Waals surface area contributed by atoms with Crippen molar-refractivity contribution in [2.45, 2.75) is 6.54 Å². The van der Waals surface area contributed by atoms with E-state index in [0.717, 1.165) is 15.6 Å². The first-order valence-corrected chi connectivity index (χ1v) is 9.83. The second kappa shape index (κ2) is 8.18. The lowest BCUT2D eigenvalue weighted by Crippen LogP contribution is -2.28. The van der Waals surface area contributed by atoms with Gasteiger partial charge in [-0.2, -0.15) is 0 Å². The SMILES string of the molecule is COc1ccc2c(Cl)c(C(=O)OCC(=O)NCc3ccc4c(c3)OCO4)sc2c1. The van der Waals surface area contributed by atoms with Crippen LogP contribution in [0.25, 0.3) is 10.1 Å². The molecule has 0 spiro atoms. The van der Waals surface area contributed by atoms with Crippen molar-refractivity contribution in [3.8, 4) is 17.2 Å². The van der Waals surface area contributed by atoms with Gasteiger partial charge in [-0.1, -0.05) is 17.7 Å². The molecular weight excluding hydrogens is 418 g/mol. The number of amides is 1. The van der Waals surface area contributed by atoms with E-state index in [1.807, 2.05) is 6.07 Å². The molecule has 4 rings (SSSR count). The molecule has 29 heavy (non-hydrogen) atoms. The Kier molecular flexibility index (Phi) is 5.46. The predicted octanol–water partition coefficient (Wildman–Crippen LogP) is 3.77. The summed E-state index contributed by atoms with van der Waals surface area (Å²) in [5, 5.41) is 3.73. The molecule has 0 aliphatic carbocycles. The average molecular weight is 434 g/mol. The van der Waals surface area contributed by atoms with Crippen molar-refractivity contribution in [2.75, 3.05) is 20.5 Å². The first kappa shape index (κ1) is 19.4. The van der Waals surface area contributed by atoms with E-state index in [2.05, 4.69) is 5.32 Å². The van der Waals surface area contributed by atoms with Gasteiger partial charge in [-0.25, -0.2) is 4.79 Å². The highest BCUT2D eigenvalue weighted by molar-refractivity contribution is 7.21. The van der Waals surface area contributed by atoms with E-state index in [1.165, 1.54) is 11.3 Å². The minimum absolute atomic E-state index is 0.189. The Balaban J connectivity index is 1.34. The number of carbonyl (C=O) groups excluding carboxylic acids is 2. The van der Waals surface area contributed by atoms with Gasteiger partial charge in [-0.3, -0.25) is 4.79 Å². The van der Waals surface area contributed by atoms with Crippen molar-refractivity contribution in [3.63, 3.8) is 0 Å². The number of carbonyl (C=O) groups is 2. The average Bonchev–Trinajstić information content (AvgIpc) is 3.34. The zero-order chi connectivity index (χ0) is 20.4. The molecule has 3 aromatic rings. The van der Waals surface area contributed by atoms with Gasteiger partial charge in [0.1, 0.15) is 10.6 Å². The van der Waals surface area contributed by atoms with Crippen molar-refractivity contribution in [2.24, 2.45) is 0 Å². The molecule has 0 atom stereocenters. The quantitative estimate of drug-likeness (QED) is 0.596. The molecule has 150 valence electrons. The third-order valence-corrected chi connectivity index (χ3v) is 5.92. The summed E-state index contributed by atoms with van der Waals surface area (Å²) in [5.41, 5.74) is 0.843. The molecule has 9 heteroatoms. The van der Waals surface area contributed by atoms with E-state index in [4.69, 9.17) is 30.5 Å². The van der Waals surface area contributed by atoms with Gasteiger partial charge >= 0.3 is 5.97 Å². The molecule has 2 aromatic carbocycles. The van der Waals surface area contributed by atoms with Crippen LogP contribution in [0.4, 0.5) is 0 Å². The van der Waals surface area contributed by atoms with Crippen molar-refractivity contribution >= 4 is 44.9 Å². The number of nitrogens with one attached hydrogen (secondary N) is 1. The maximum atomic E-state index is 12.4. The van der Waals surface area contributed by atoms with Crippen molar-refractivity contribution in [3.05, 3.63) is 51.9 Å². The highest BCUT2D eigenvalue weighted by Gasteiger charge is 2.20. The molecule has 1 amide bonds. The van der Waals surface area contributed by atoms with Gasteiger partial charge < -0.3 is 24.3 Å². The van der Waals surface area contributed by atoms with Crippen molar-refractivity contribution < 1.29 is 28.5 Å². The number of rotatable bonds is 6. The van der Waals surface area contributed by atoms with Gasteiger partial charge in [0.15, 0.2) is 18.1 Å². The van der Waals surface area contributed by atoms with Gasteiger partial charge in [-0.05, 0) is 35.9 Å². The Labute approximate surface area is 175 Å². The maximum Gasteiger partial charge on any atom is 0.350 e. The van der Waals surface area contributed by atoms with Crippen LogP contribution in [0.1, 0.15) is 15.2 Å². The van der Waals surface area contributed by atoms with E-state index < -0.39 is 18.5 Å². The molecule has 2 heterocycles. The van der Waals surface area contributed by atoms with E-state index >= 15 is 0 Å². The van der Waals surface area contributed by atoms with Crippen LogP contribution in [-0.2, 0) is 16.1 Å². The summed E-state index contributed by atoms with van der Waals surface area (Å²) in [7, 11) is 1.56. The second-order valence-electron chi connectivity index (χ2n) is 6.15. The zero-order valence-corrected chi connectivity index (χ0v) is 16.9. The number of hydrogen-bond acceptors (Lipinski definition) is 7. The molecule has 0 unspecified atom stereocenters. The lowest BCUT2D eigenvalue weighted by molar-refractivity contribution is -0.124. The topological polar surface area (TPSA) is 83.1 Å². The number of halogens is 1. The summed E-state index contributed by atoms with van der Waals surface area (Å²) >= 11 is 7.49. The summed E-state index contributed by atoms with van der Waals surface area (Å²) in [6.07, 6.45) is 0. The second-order valence-corrected chi connectivity index (χ2v) is 7.58. The number of ether oxygens (including phenoxy) is 4. The molecule has 0 saturated heterocycles. The van der Waals surface area contributed by atoms with Crippen LogP contribution < -0.4 is 19.5 Å². The molecule has 1 aliphatic rings. The third kappa shape index (κ3) is 4.08. The number of thiophene rings is 1. The Morgan fingerprint density at radius 3 is 2.83 bits per heavy atom. The summed E-state index contributed by atoms with van der Waals surface area (Å²) in [6.45, 7) is 0.0575. The Bertz CT molecular complexity index is 1100. The highest BCUT2D eigenvalue weighted by atomic mass is 35.5. The lowest BCUT2D eigenvalue weighted by atomic mass is 10.2. The summed E-state index contributed by atoms with van der Waals surface area (Å²) < 4.78 is 21.6. The van der Waals surface area contributed by atoms with Crippen molar-refractivity contribution in [1.82, 2.24) is 5.32 Å². The molecule has 7 nitrogen and oxygen atoms in total. The van der Waals surface area contributed by atoms with E-state index in [9.17, 15) is 9.59 Å². The zero-order valence-electron chi connectivity index (χ0n) is 15.3.